The quantitative estimate of drug-likeness (QED) is 0.674. The van der Waals surface area contributed by atoms with Crippen LogP contribution in [0.2, 0.25) is 0 Å². The van der Waals surface area contributed by atoms with Crippen LogP contribution >= 0.6 is 11.8 Å². The Morgan fingerprint density at radius 2 is 2.04 bits per heavy atom. The number of benzene rings is 1. The van der Waals surface area contributed by atoms with Crippen molar-refractivity contribution in [1.29, 1.82) is 0 Å². The number of hydrogen-bond donors (Lipinski definition) is 1. The third-order valence-electron chi connectivity index (χ3n) is 3.91. The normalized spacial score (nSPS) is 12.6. The fraction of sp³-hybridized carbons (Fsp3) is 0.471. The molecule has 0 unspecified atom stereocenters. The smallest absolute Gasteiger partial charge is 0.261 e. The molecule has 5 nitrogen and oxygen atoms in total. The highest BCUT2D eigenvalue weighted by Crippen LogP contribution is 2.17. The lowest BCUT2D eigenvalue weighted by Gasteiger charge is -2.17. The van der Waals surface area contributed by atoms with Gasteiger partial charge in [0.1, 0.15) is 0 Å². The first-order valence-electron chi connectivity index (χ1n) is 7.69. The second-order valence-electron chi connectivity index (χ2n) is 6.17. The number of aromatic nitrogens is 2. The molecule has 0 fully saturated rings. The summed E-state index contributed by atoms with van der Waals surface area (Å²) in [4.78, 5) is 28.9. The number of nitrogens with zero attached hydrogens (tertiary/aromatic N) is 2. The zero-order valence-electron chi connectivity index (χ0n) is 14.2. The van der Waals surface area contributed by atoms with Gasteiger partial charge in [-0.15, -0.1) is 0 Å². The summed E-state index contributed by atoms with van der Waals surface area (Å²) in [5.74, 6) is 0.583. The molecule has 0 aliphatic heterocycles. The predicted octanol–water partition coefficient (Wildman–Crippen LogP) is 2.49. The highest BCUT2D eigenvalue weighted by atomic mass is 32.2. The van der Waals surface area contributed by atoms with Gasteiger partial charge in [-0.1, -0.05) is 37.2 Å². The van der Waals surface area contributed by atoms with Crippen LogP contribution in [0.3, 0.4) is 0 Å². The fourth-order valence-corrected chi connectivity index (χ4v) is 2.87. The van der Waals surface area contributed by atoms with Crippen LogP contribution in [-0.4, -0.2) is 27.3 Å². The zero-order valence-corrected chi connectivity index (χ0v) is 15.0. The minimum Gasteiger partial charge on any atom is -0.353 e. The topological polar surface area (TPSA) is 64.0 Å². The Kier molecular flexibility index (Phi) is 5.46. The van der Waals surface area contributed by atoms with E-state index in [1.165, 1.54) is 16.3 Å². The van der Waals surface area contributed by atoms with Crippen LogP contribution in [0.4, 0.5) is 0 Å². The van der Waals surface area contributed by atoms with Crippen LogP contribution in [0.15, 0.2) is 28.2 Å². The van der Waals surface area contributed by atoms with Crippen LogP contribution in [0, 0.1) is 12.8 Å². The summed E-state index contributed by atoms with van der Waals surface area (Å²) in [6.45, 7) is 8.06. The summed E-state index contributed by atoms with van der Waals surface area (Å²) in [6.07, 6.45) is 0. The first kappa shape index (κ1) is 17.5. The number of thioether (sulfide) groups is 1. The predicted molar refractivity (Wildman–Crippen MR) is 94.9 cm³/mol. The van der Waals surface area contributed by atoms with Crippen molar-refractivity contribution in [2.45, 2.75) is 38.9 Å². The summed E-state index contributed by atoms with van der Waals surface area (Å²) < 4.78 is 1.51. The third-order valence-corrected chi connectivity index (χ3v) is 4.94. The van der Waals surface area contributed by atoms with E-state index in [2.05, 4.69) is 24.1 Å². The van der Waals surface area contributed by atoms with Gasteiger partial charge in [0, 0.05) is 13.1 Å². The average Bonchev–Trinajstić information content (AvgIpc) is 2.50. The Morgan fingerprint density at radius 3 is 2.70 bits per heavy atom. The zero-order chi connectivity index (χ0) is 17.1. The largest absolute Gasteiger partial charge is 0.353 e. The molecule has 2 aromatic rings. The molecule has 6 heteroatoms. The molecule has 0 saturated heterocycles. The van der Waals surface area contributed by atoms with E-state index in [4.69, 9.17) is 0 Å². The van der Waals surface area contributed by atoms with Gasteiger partial charge in [-0.05, 0) is 31.9 Å². The van der Waals surface area contributed by atoms with Crippen molar-refractivity contribution >= 4 is 28.6 Å². The number of amides is 1. The number of rotatable bonds is 5. The van der Waals surface area contributed by atoms with E-state index in [9.17, 15) is 9.59 Å². The van der Waals surface area contributed by atoms with Crippen molar-refractivity contribution in [3.05, 3.63) is 34.1 Å². The maximum Gasteiger partial charge on any atom is 0.261 e. The molecule has 0 aliphatic rings. The lowest BCUT2D eigenvalue weighted by molar-refractivity contribution is -0.119. The van der Waals surface area contributed by atoms with Gasteiger partial charge in [-0.25, -0.2) is 4.98 Å². The monoisotopic (exact) mass is 333 g/mol. The lowest BCUT2D eigenvalue weighted by atomic mass is 10.1. The number of aryl methyl sites for hydroxylation is 1. The molecule has 0 bridgehead atoms. The molecule has 0 spiro atoms. The molecule has 0 saturated carbocycles. The van der Waals surface area contributed by atoms with E-state index < -0.39 is 0 Å². The van der Waals surface area contributed by atoms with Crippen molar-refractivity contribution in [3.8, 4) is 0 Å². The number of hydrogen-bond acceptors (Lipinski definition) is 4. The summed E-state index contributed by atoms with van der Waals surface area (Å²) in [6, 6.07) is 5.74. The molecule has 1 amide bonds. The molecule has 23 heavy (non-hydrogen) atoms. The Labute approximate surface area is 140 Å². The molecule has 1 N–H and O–H groups in total. The van der Waals surface area contributed by atoms with Crippen molar-refractivity contribution in [2.75, 3.05) is 5.75 Å². The summed E-state index contributed by atoms with van der Waals surface area (Å²) in [5, 5.41) is 4.11. The van der Waals surface area contributed by atoms with Gasteiger partial charge in [0.25, 0.3) is 5.56 Å². The first-order valence-corrected chi connectivity index (χ1v) is 8.67. The van der Waals surface area contributed by atoms with Gasteiger partial charge < -0.3 is 5.32 Å². The molecule has 0 aliphatic carbocycles. The number of fused-ring (bicyclic) bond motifs is 1. The van der Waals surface area contributed by atoms with Gasteiger partial charge in [0.15, 0.2) is 5.16 Å². The molecular weight excluding hydrogens is 310 g/mol. The van der Waals surface area contributed by atoms with Crippen LogP contribution in [0.25, 0.3) is 10.9 Å². The van der Waals surface area contributed by atoms with Crippen molar-refractivity contribution in [3.63, 3.8) is 0 Å². The van der Waals surface area contributed by atoms with E-state index in [0.29, 0.717) is 22.0 Å². The molecular formula is C17H23N3O2S. The van der Waals surface area contributed by atoms with Crippen molar-refractivity contribution in [2.24, 2.45) is 13.0 Å². The van der Waals surface area contributed by atoms with Gasteiger partial charge >= 0.3 is 0 Å². The van der Waals surface area contributed by atoms with Crippen LogP contribution in [-0.2, 0) is 11.8 Å². The van der Waals surface area contributed by atoms with Crippen LogP contribution in [0.1, 0.15) is 26.3 Å². The average molecular weight is 333 g/mol. The molecule has 1 atom stereocenters. The molecule has 1 aromatic carbocycles. The highest BCUT2D eigenvalue weighted by molar-refractivity contribution is 7.99. The minimum atomic E-state index is -0.0860. The molecule has 2 rings (SSSR count). The summed E-state index contributed by atoms with van der Waals surface area (Å²) in [5.41, 5.74) is 1.60. The second-order valence-corrected chi connectivity index (χ2v) is 7.11. The second kappa shape index (κ2) is 7.17. The Balaban J connectivity index is 2.18. The molecule has 0 radical (unpaired) electrons. The standard InChI is InChI=1S/C17H23N3O2S/c1-10(2)12(4)18-15(21)9-23-17-19-14-7-6-11(3)8-13(14)16(22)20(17)5/h6-8,10,12H,9H2,1-5H3,(H,18,21)/t12-/m1/s1. The third kappa shape index (κ3) is 4.13. The highest BCUT2D eigenvalue weighted by Gasteiger charge is 2.13. The van der Waals surface area contributed by atoms with E-state index in [0.717, 1.165) is 5.56 Å². The fourth-order valence-electron chi connectivity index (χ4n) is 2.09. The van der Waals surface area contributed by atoms with Crippen molar-refractivity contribution < 1.29 is 4.79 Å². The van der Waals surface area contributed by atoms with Gasteiger partial charge in [0.2, 0.25) is 5.91 Å². The number of nitrogens with one attached hydrogen (secondary N) is 1. The summed E-state index contributed by atoms with van der Waals surface area (Å²) in [7, 11) is 1.69. The van der Waals surface area contributed by atoms with E-state index in [-0.39, 0.29) is 23.3 Å². The van der Waals surface area contributed by atoms with Gasteiger partial charge in [0.05, 0.1) is 16.7 Å². The van der Waals surface area contributed by atoms with Crippen molar-refractivity contribution in [1.82, 2.24) is 14.9 Å². The van der Waals surface area contributed by atoms with Gasteiger partial charge in [-0.3, -0.25) is 14.2 Å². The van der Waals surface area contributed by atoms with Crippen LogP contribution in [0.5, 0.6) is 0 Å². The summed E-state index contributed by atoms with van der Waals surface area (Å²) >= 11 is 1.28. The van der Waals surface area contributed by atoms with E-state index >= 15 is 0 Å². The molecule has 1 aromatic heterocycles. The molecule has 1 heterocycles. The SMILES string of the molecule is Cc1ccc2nc(SCC(=O)N[C@H](C)C(C)C)n(C)c(=O)c2c1. The van der Waals surface area contributed by atoms with E-state index in [1.807, 2.05) is 32.0 Å². The lowest BCUT2D eigenvalue weighted by Crippen LogP contribution is -2.37. The van der Waals surface area contributed by atoms with Crippen LogP contribution < -0.4 is 10.9 Å². The number of carbonyl (C=O) groups excluding carboxylic acids is 1. The first-order chi connectivity index (χ1) is 10.8. The minimum absolute atomic E-state index is 0.0468. The molecule has 124 valence electrons. The number of carbonyl (C=O) groups is 1. The van der Waals surface area contributed by atoms with E-state index in [1.54, 1.807) is 7.05 Å². The maximum atomic E-state index is 12.4. The maximum absolute atomic E-state index is 12.4. The van der Waals surface area contributed by atoms with Gasteiger partial charge in [-0.2, -0.15) is 0 Å². The Morgan fingerprint density at radius 1 is 1.35 bits per heavy atom. The Hall–Kier alpha value is -1.82. The Bertz CT molecular complexity index is 783.